The highest BCUT2D eigenvalue weighted by molar-refractivity contribution is 6.11. The topological polar surface area (TPSA) is 68.5 Å². The lowest BCUT2D eigenvalue weighted by atomic mass is 10.1. The number of furan rings is 1. The summed E-state index contributed by atoms with van der Waals surface area (Å²) in [6, 6.07) is 13.5. The van der Waals surface area contributed by atoms with Gasteiger partial charge in [-0.25, -0.2) is 4.79 Å². The molecule has 5 nitrogen and oxygen atoms in total. The van der Waals surface area contributed by atoms with Gasteiger partial charge in [-0.05, 0) is 29.8 Å². The number of carbonyl (C=O) groups is 2. The molecule has 0 unspecified atom stereocenters. The van der Waals surface area contributed by atoms with Gasteiger partial charge in [0.25, 0.3) is 5.91 Å². The molecule has 1 heterocycles. The lowest BCUT2D eigenvalue weighted by molar-refractivity contribution is 0.0523. The first-order valence-electron chi connectivity index (χ1n) is 7.22. The number of hydrogen-bond donors (Lipinski definition) is 1. The molecule has 0 saturated heterocycles. The molecule has 0 saturated carbocycles. The van der Waals surface area contributed by atoms with Crippen molar-refractivity contribution < 1.29 is 18.7 Å². The number of rotatable bonds is 4. The van der Waals surface area contributed by atoms with Gasteiger partial charge in [0.15, 0.2) is 0 Å². The summed E-state index contributed by atoms with van der Waals surface area (Å²) in [5, 5.41) is 4.87. The molecule has 0 aliphatic heterocycles. The second kappa shape index (κ2) is 6.36. The number of esters is 1. The molecule has 1 N–H and O–H groups in total. The Morgan fingerprint density at radius 2 is 1.78 bits per heavy atom. The van der Waals surface area contributed by atoms with E-state index >= 15 is 0 Å². The molecule has 0 spiro atoms. The van der Waals surface area contributed by atoms with E-state index in [1.807, 2.05) is 42.5 Å². The molecule has 0 atom stereocenters. The Balaban J connectivity index is 1.83. The van der Waals surface area contributed by atoms with Gasteiger partial charge in [-0.3, -0.25) is 4.79 Å². The maximum atomic E-state index is 12.4. The minimum absolute atomic E-state index is 0.116. The number of anilines is 1. The number of nitrogens with one attached hydrogen (secondary N) is 1. The van der Waals surface area contributed by atoms with Crippen molar-refractivity contribution in [2.24, 2.45) is 0 Å². The van der Waals surface area contributed by atoms with Gasteiger partial charge in [0.05, 0.1) is 12.2 Å². The van der Waals surface area contributed by atoms with Crippen molar-refractivity contribution in [3.63, 3.8) is 0 Å². The predicted octanol–water partition coefficient (Wildman–Crippen LogP) is 3.86. The van der Waals surface area contributed by atoms with E-state index in [0.717, 1.165) is 10.8 Å². The zero-order chi connectivity index (χ0) is 16.2. The smallest absolute Gasteiger partial charge is 0.342 e. The second-order valence-electron chi connectivity index (χ2n) is 4.94. The third-order valence-electron chi connectivity index (χ3n) is 3.41. The average Bonchev–Trinajstić information content (AvgIpc) is 3.05. The second-order valence-corrected chi connectivity index (χ2v) is 4.94. The van der Waals surface area contributed by atoms with Gasteiger partial charge in [-0.1, -0.05) is 30.3 Å². The Hall–Kier alpha value is -3.08. The molecule has 3 aromatic rings. The number of benzene rings is 2. The van der Waals surface area contributed by atoms with Gasteiger partial charge in [0.2, 0.25) is 0 Å². The summed E-state index contributed by atoms with van der Waals surface area (Å²) in [6.07, 6.45) is 2.45. The van der Waals surface area contributed by atoms with E-state index in [1.165, 1.54) is 12.5 Å². The highest BCUT2D eigenvalue weighted by Crippen LogP contribution is 2.20. The van der Waals surface area contributed by atoms with E-state index in [2.05, 4.69) is 5.32 Å². The largest absolute Gasteiger partial charge is 0.471 e. The van der Waals surface area contributed by atoms with Gasteiger partial charge in [0, 0.05) is 5.69 Å². The van der Waals surface area contributed by atoms with Crippen LogP contribution in [0.2, 0.25) is 0 Å². The van der Waals surface area contributed by atoms with Crippen LogP contribution in [0, 0.1) is 0 Å². The summed E-state index contributed by atoms with van der Waals surface area (Å²) in [4.78, 5) is 24.2. The van der Waals surface area contributed by atoms with Crippen LogP contribution in [0.4, 0.5) is 5.69 Å². The molecule has 0 aliphatic rings. The molecular weight excluding hydrogens is 294 g/mol. The summed E-state index contributed by atoms with van der Waals surface area (Å²) in [5.74, 6) is -0.998. The molecule has 2 aromatic carbocycles. The standard InChI is InChI=1S/C18H15NO4/c1-2-23-18(21)16-11-22-10-15(16)17(20)19-14-8-7-12-5-3-4-6-13(12)9-14/h3-11H,2H2,1H3,(H,19,20). The van der Waals surface area contributed by atoms with E-state index in [1.54, 1.807) is 6.92 Å². The van der Waals surface area contributed by atoms with Crippen LogP contribution >= 0.6 is 0 Å². The fraction of sp³-hybridized carbons (Fsp3) is 0.111. The van der Waals surface area contributed by atoms with Crippen LogP contribution in [0.1, 0.15) is 27.6 Å². The zero-order valence-corrected chi connectivity index (χ0v) is 12.5. The van der Waals surface area contributed by atoms with Crippen LogP contribution in [0.25, 0.3) is 10.8 Å². The Labute approximate surface area is 132 Å². The Morgan fingerprint density at radius 3 is 2.57 bits per heavy atom. The van der Waals surface area contributed by atoms with Crippen LogP contribution in [0.15, 0.2) is 59.4 Å². The first kappa shape index (κ1) is 14.8. The number of ether oxygens (including phenoxy) is 1. The van der Waals surface area contributed by atoms with Crippen LogP contribution in [0.3, 0.4) is 0 Å². The summed E-state index contributed by atoms with van der Waals surface area (Å²) in [7, 11) is 0. The number of hydrogen-bond acceptors (Lipinski definition) is 4. The third kappa shape index (κ3) is 3.08. The van der Waals surface area contributed by atoms with Crippen molar-refractivity contribution in [1.82, 2.24) is 0 Å². The first-order valence-corrected chi connectivity index (χ1v) is 7.22. The van der Waals surface area contributed by atoms with Gasteiger partial charge >= 0.3 is 5.97 Å². The van der Waals surface area contributed by atoms with Crippen molar-refractivity contribution >= 4 is 28.3 Å². The van der Waals surface area contributed by atoms with Gasteiger partial charge in [-0.2, -0.15) is 0 Å². The van der Waals surface area contributed by atoms with Crippen molar-refractivity contribution in [2.45, 2.75) is 6.92 Å². The summed E-state index contributed by atoms with van der Waals surface area (Å²) < 4.78 is 9.89. The first-order chi connectivity index (χ1) is 11.2. The molecule has 0 radical (unpaired) electrons. The maximum Gasteiger partial charge on any atom is 0.342 e. The van der Waals surface area contributed by atoms with Gasteiger partial charge < -0.3 is 14.5 Å². The van der Waals surface area contributed by atoms with Crippen molar-refractivity contribution in [2.75, 3.05) is 11.9 Å². The van der Waals surface area contributed by atoms with E-state index in [4.69, 9.17) is 9.15 Å². The molecule has 5 heteroatoms. The number of fused-ring (bicyclic) bond motifs is 1. The average molecular weight is 309 g/mol. The van der Waals surface area contributed by atoms with Gasteiger partial charge in [-0.15, -0.1) is 0 Å². The number of carbonyl (C=O) groups excluding carboxylic acids is 2. The maximum absolute atomic E-state index is 12.4. The lowest BCUT2D eigenvalue weighted by Crippen LogP contribution is -2.16. The zero-order valence-electron chi connectivity index (χ0n) is 12.5. The molecule has 0 aliphatic carbocycles. The SMILES string of the molecule is CCOC(=O)c1cocc1C(=O)Nc1ccc2ccccc2c1. The van der Waals surface area contributed by atoms with E-state index in [-0.39, 0.29) is 17.7 Å². The Bertz CT molecular complexity index is 866. The summed E-state index contributed by atoms with van der Waals surface area (Å²) >= 11 is 0. The molecule has 3 rings (SSSR count). The highest BCUT2D eigenvalue weighted by atomic mass is 16.5. The van der Waals surface area contributed by atoms with Crippen molar-refractivity contribution in [3.05, 3.63) is 66.1 Å². The van der Waals surface area contributed by atoms with Crippen LogP contribution < -0.4 is 5.32 Å². The molecule has 0 fully saturated rings. The molecule has 0 bridgehead atoms. The van der Waals surface area contributed by atoms with Crippen LogP contribution in [0.5, 0.6) is 0 Å². The monoisotopic (exact) mass is 309 g/mol. The predicted molar refractivity (Wildman–Crippen MR) is 86.6 cm³/mol. The van der Waals surface area contributed by atoms with Crippen molar-refractivity contribution in [3.8, 4) is 0 Å². The van der Waals surface area contributed by atoms with Crippen LogP contribution in [-0.4, -0.2) is 18.5 Å². The third-order valence-corrected chi connectivity index (χ3v) is 3.41. The minimum atomic E-state index is -0.579. The molecular formula is C18H15NO4. The molecule has 23 heavy (non-hydrogen) atoms. The van der Waals surface area contributed by atoms with E-state index in [9.17, 15) is 9.59 Å². The normalized spacial score (nSPS) is 10.5. The van der Waals surface area contributed by atoms with Crippen LogP contribution in [-0.2, 0) is 4.74 Å². The molecule has 1 amide bonds. The Morgan fingerprint density at radius 1 is 1.04 bits per heavy atom. The van der Waals surface area contributed by atoms with Gasteiger partial charge in [0.1, 0.15) is 18.1 Å². The Kier molecular flexibility index (Phi) is 4.10. The quantitative estimate of drug-likeness (QED) is 0.743. The van der Waals surface area contributed by atoms with E-state index < -0.39 is 11.9 Å². The molecule has 116 valence electrons. The van der Waals surface area contributed by atoms with Crippen molar-refractivity contribution in [1.29, 1.82) is 0 Å². The fourth-order valence-corrected chi connectivity index (χ4v) is 2.31. The highest BCUT2D eigenvalue weighted by Gasteiger charge is 2.20. The fourth-order valence-electron chi connectivity index (χ4n) is 2.31. The summed E-state index contributed by atoms with van der Waals surface area (Å²) in [6.45, 7) is 1.93. The summed E-state index contributed by atoms with van der Waals surface area (Å²) in [5.41, 5.74) is 0.909. The van der Waals surface area contributed by atoms with E-state index in [0.29, 0.717) is 5.69 Å². The minimum Gasteiger partial charge on any atom is -0.471 e. The number of amides is 1. The lowest BCUT2D eigenvalue weighted by Gasteiger charge is -2.07. The molecule has 1 aromatic heterocycles.